The van der Waals surface area contributed by atoms with Crippen molar-refractivity contribution in [2.45, 2.75) is 51.8 Å². The molecule has 0 radical (unpaired) electrons. The number of likely N-dealkylation sites (tertiary alicyclic amines) is 1. The van der Waals surface area contributed by atoms with E-state index >= 15 is 0 Å². The first kappa shape index (κ1) is 19.6. The summed E-state index contributed by atoms with van der Waals surface area (Å²) in [5, 5.41) is 6.75. The van der Waals surface area contributed by atoms with E-state index in [0.29, 0.717) is 30.6 Å². The number of ether oxygens (including phenoxy) is 1. The summed E-state index contributed by atoms with van der Waals surface area (Å²) in [6.07, 6.45) is 3.17. The molecule has 1 aliphatic heterocycles. The molecule has 27 heavy (non-hydrogen) atoms. The minimum absolute atomic E-state index is 0.0717. The van der Waals surface area contributed by atoms with Crippen molar-refractivity contribution in [3.8, 4) is 0 Å². The second kappa shape index (κ2) is 8.67. The van der Waals surface area contributed by atoms with Gasteiger partial charge in [-0.2, -0.15) is 4.98 Å². The normalized spacial score (nSPS) is 19.2. The molecular formula is C19H29N5O3. The van der Waals surface area contributed by atoms with Crippen LogP contribution < -0.4 is 5.32 Å². The molecule has 3 rings (SSSR count). The van der Waals surface area contributed by atoms with E-state index < -0.39 is 0 Å². The fourth-order valence-electron chi connectivity index (χ4n) is 3.73. The molecule has 8 heteroatoms. The number of carbonyl (C=O) groups excluding carboxylic acids is 1. The third-order valence-corrected chi connectivity index (χ3v) is 5.18. The topological polar surface area (TPSA) is 85.4 Å². The number of piperidine rings is 1. The van der Waals surface area contributed by atoms with Gasteiger partial charge in [0.2, 0.25) is 5.89 Å². The maximum absolute atomic E-state index is 12.0. The summed E-state index contributed by atoms with van der Waals surface area (Å²) in [6.45, 7) is 6.04. The second-order valence-corrected chi connectivity index (χ2v) is 6.91. The molecule has 1 aliphatic rings. The number of hydrogen-bond acceptors (Lipinski definition) is 6. The number of rotatable bonds is 7. The molecule has 2 aromatic rings. The molecule has 2 atom stereocenters. The molecule has 1 fully saturated rings. The van der Waals surface area contributed by atoms with Gasteiger partial charge in [-0.3, -0.25) is 9.69 Å². The Bertz CT molecular complexity index is 769. The van der Waals surface area contributed by atoms with Crippen LogP contribution in [0.4, 0.5) is 0 Å². The molecule has 0 aromatic carbocycles. The van der Waals surface area contributed by atoms with Crippen molar-refractivity contribution in [1.29, 1.82) is 0 Å². The molecular weight excluding hydrogens is 346 g/mol. The van der Waals surface area contributed by atoms with Crippen molar-refractivity contribution in [1.82, 2.24) is 24.9 Å². The lowest BCUT2D eigenvalue weighted by atomic mass is 9.99. The van der Waals surface area contributed by atoms with E-state index in [-0.39, 0.29) is 18.1 Å². The van der Waals surface area contributed by atoms with Crippen LogP contribution in [0.1, 0.15) is 73.2 Å². The Hall–Kier alpha value is -2.19. The Morgan fingerprint density at radius 2 is 2.26 bits per heavy atom. The molecule has 1 saturated heterocycles. The van der Waals surface area contributed by atoms with Gasteiger partial charge in [-0.05, 0) is 45.4 Å². The minimum atomic E-state index is -0.173. The quantitative estimate of drug-likeness (QED) is 0.801. The number of nitrogens with zero attached hydrogens (tertiary/aromatic N) is 4. The summed E-state index contributed by atoms with van der Waals surface area (Å²) >= 11 is 0. The number of aromatic nitrogens is 3. The Kier molecular flexibility index (Phi) is 6.28. The molecule has 0 saturated carbocycles. The van der Waals surface area contributed by atoms with Gasteiger partial charge in [0.05, 0.1) is 12.6 Å². The summed E-state index contributed by atoms with van der Waals surface area (Å²) < 4.78 is 13.0. The Morgan fingerprint density at radius 1 is 1.44 bits per heavy atom. The first-order valence-corrected chi connectivity index (χ1v) is 9.61. The molecule has 0 spiro atoms. The zero-order chi connectivity index (χ0) is 19.4. The molecule has 3 heterocycles. The van der Waals surface area contributed by atoms with Gasteiger partial charge in [0.1, 0.15) is 11.8 Å². The lowest BCUT2D eigenvalue weighted by Crippen LogP contribution is -2.34. The summed E-state index contributed by atoms with van der Waals surface area (Å²) in [5.74, 6) is 1.11. The van der Waals surface area contributed by atoms with Gasteiger partial charge in [0.25, 0.3) is 5.91 Å². The van der Waals surface area contributed by atoms with Gasteiger partial charge in [-0.15, -0.1) is 0 Å². The number of hydrogen-bond donors (Lipinski definition) is 1. The zero-order valence-electron chi connectivity index (χ0n) is 16.6. The Labute approximate surface area is 159 Å². The highest BCUT2D eigenvalue weighted by Gasteiger charge is 2.29. The first-order chi connectivity index (χ1) is 13.0. The smallest absolute Gasteiger partial charge is 0.267 e. The summed E-state index contributed by atoms with van der Waals surface area (Å²) in [5.41, 5.74) is 1.80. The summed E-state index contributed by atoms with van der Waals surface area (Å²) in [7, 11) is 3.60. The van der Waals surface area contributed by atoms with Gasteiger partial charge in [-0.25, -0.2) is 0 Å². The molecule has 8 nitrogen and oxygen atoms in total. The third-order valence-electron chi connectivity index (χ3n) is 5.18. The molecule has 1 amide bonds. The largest absolute Gasteiger partial charge is 0.371 e. The third kappa shape index (κ3) is 4.22. The highest BCUT2D eigenvalue weighted by molar-refractivity contribution is 5.92. The summed E-state index contributed by atoms with van der Waals surface area (Å²) in [6, 6.07) is 4.15. The number of amides is 1. The Morgan fingerprint density at radius 3 is 3.00 bits per heavy atom. The van der Waals surface area contributed by atoms with E-state index in [4.69, 9.17) is 9.26 Å². The lowest BCUT2D eigenvalue weighted by Gasteiger charge is -2.35. The van der Waals surface area contributed by atoms with Crippen LogP contribution in [0.15, 0.2) is 16.7 Å². The van der Waals surface area contributed by atoms with Crippen molar-refractivity contribution >= 4 is 5.91 Å². The maximum atomic E-state index is 12.0. The average molecular weight is 375 g/mol. The highest BCUT2D eigenvalue weighted by Crippen LogP contribution is 2.33. The predicted octanol–water partition coefficient (Wildman–Crippen LogP) is 2.59. The van der Waals surface area contributed by atoms with Crippen LogP contribution in [-0.2, 0) is 18.3 Å². The average Bonchev–Trinajstić information content (AvgIpc) is 3.29. The SMILES string of the molecule is CCO[C@@H](C)c1noc(CN2CCCC[C@H]2c2ccc(C(=O)NC)n2C)n1. The van der Waals surface area contributed by atoms with Crippen LogP contribution in [0.25, 0.3) is 0 Å². The minimum Gasteiger partial charge on any atom is -0.371 e. The van der Waals surface area contributed by atoms with E-state index in [1.54, 1.807) is 7.05 Å². The van der Waals surface area contributed by atoms with Crippen molar-refractivity contribution in [2.75, 3.05) is 20.2 Å². The molecule has 0 bridgehead atoms. The van der Waals surface area contributed by atoms with Crippen LogP contribution in [0.2, 0.25) is 0 Å². The van der Waals surface area contributed by atoms with E-state index in [9.17, 15) is 4.79 Å². The second-order valence-electron chi connectivity index (χ2n) is 6.91. The molecule has 2 aromatic heterocycles. The summed E-state index contributed by atoms with van der Waals surface area (Å²) in [4.78, 5) is 18.9. The monoisotopic (exact) mass is 375 g/mol. The van der Waals surface area contributed by atoms with Gasteiger partial charge < -0.3 is 19.1 Å². The number of carbonyl (C=O) groups is 1. The first-order valence-electron chi connectivity index (χ1n) is 9.61. The lowest BCUT2D eigenvalue weighted by molar-refractivity contribution is 0.0683. The maximum Gasteiger partial charge on any atom is 0.267 e. The van der Waals surface area contributed by atoms with Crippen LogP contribution in [0, 0.1) is 0 Å². The van der Waals surface area contributed by atoms with Gasteiger partial charge in [0, 0.05) is 26.4 Å². The van der Waals surface area contributed by atoms with Crippen molar-refractivity contribution in [3.63, 3.8) is 0 Å². The standard InChI is InChI=1S/C19H29N5O3/c1-5-26-13(2)18-21-17(27-22-18)12-24-11-7-6-8-15(24)14-9-10-16(23(14)4)19(25)20-3/h9-10,13,15H,5-8,11-12H2,1-4H3,(H,20,25)/t13-,15-/m0/s1. The van der Waals surface area contributed by atoms with Crippen molar-refractivity contribution in [3.05, 3.63) is 35.2 Å². The van der Waals surface area contributed by atoms with Gasteiger partial charge in [0.15, 0.2) is 5.82 Å². The highest BCUT2D eigenvalue weighted by atomic mass is 16.5. The molecule has 148 valence electrons. The fourth-order valence-corrected chi connectivity index (χ4v) is 3.73. The molecule has 0 aliphatic carbocycles. The van der Waals surface area contributed by atoms with Gasteiger partial charge >= 0.3 is 0 Å². The van der Waals surface area contributed by atoms with E-state index in [2.05, 4.69) is 20.4 Å². The van der Waals surface area contributed by atoms with Crippen molar-refractivity contribution < 1.29 is 14.1 Å². The van der Waals surface area contributed by atoms with E-state index in [1.807, 2.05) is 37.6 Å². The molecule has 1 N–H and O–H groups in total. The fraction of sp³-hybridized carbons (Fsp3) is 0.632. The molecule has 0 unspecified atom stereocenters. The van der Waals surface area contributed by atoms with E-state index in [0.717, 1.165) is 31.5 Å². The van der Waals surface area contributed by atoms with Crippen molar-refractivity contribution in [2.24, 2.45) is 7.05 Å². The number of nitrogens with one attached hydrogen (secondary N) is 1. The predicted molar refractivity (Wildman–Crippen MR) is 100 cm³/mol. The van der Waals surface area contributed by atoms with Crippen LogP contribution in [0.3, 0.4) is 0 Å². The van der Waals surface area contributed by atoms with Crippen LogP contribution in [0.5, 0.6) is 0 Å². The van der Waals surface area contributed by atoms with Crippen LogP contribution in [-0.4, -0.2) is 45.7 Å². The van der Waals surface area contributed by atoms with Gasteiger partial charge in [-0.1, -0.05) is 11.6 Å². The zero-order valence-corrected chi connectivity index (χ0v) is 16.6. The van der Waals surface area contributed by atoms with E-state index in [1.165, 1.54) is 0 Å². The van der Waals surface area contributed by atoms with Crippen LogP contribution >= 0.6 is 0 Å². The Balaban J connectivity index is 1.77.